The van der Waals surface area contributed by atoms with E-state index in [1.165, 1.54) is 31.5 Å². The standard InChI is InChI=1S/C14H20FN3O/c15-13-12(6-4-7-16-13)14(19)17-8-5-11-18-9-2-1-3-10-18/h4,6-7H,1-3,5,8-11H2,(H,17,19). The van der Waals surface area contributed by atoms with Gasteiger partial charge in [-0.25, -0.2) is 4.98 Å². The smallest absolute Gasteiger partial charge is 0.255 e. The van der Waals surface area contributed by atoms with Crippen LogP contribution < -0.4 is 5.32 Å². The molecular weight excluding hydrogens is 245 g/mol. The summed E-state index contributed by atoms with van der Waals surface area (Å²) >= 11 is 0. The van der Waals surface area contributed by atoms with E-state index in [9.17, 15) is 9.18 Å². The first-order chi connectivity index (χ1) is 9.27. The lowest BCUT2D eigenvalue weighted by atomic mass is 10.1. The second-order valence-electron chi connectivity index (χ2n) is 4.85. The Kier molecular flexibility index (Phi) is 5.27. The van der Waals surface area contributed by atoms with Crippen molar-refractivity contribution in [3.8, 4) is 0 Å². The van der Waals surface area contributed by atoms with Crippen LogP contribution in [0.1, 0.15) is 36.0 Å². The van der Waals surface area contributed by atoms with Crippen molar-refractivity contribution in [1.29, 1.82) is 0 Å². The van der Waals surface area contributed by atoms with Crippen LogP contribution in [-0.2, 0) is 0 Å². The van der Waals surface area contributed by atoms with Crippen molar-refractivity contribution >= 4 is 5.91 Å². The number of carbonyl (C=O) groups excluding carboxylic acids is 1. The van der Waals surface area contributed by atoms with Gasteiger partial charge in [-0.1, -0.05) is 6.42 Å². The highest BCUT2D eigenvalue weighted by atomic mass is 19.1. The van der Waals surface area contributed by atoms with E-state index in [1.54, 1.807) is 6.07 Å². The molecule has 1 saturated heterocycles. The molecule has 1 fully saturated rings. The van der Waals surface area contributed by atoms with Gasteiger partial charge in [0.15, 0.2) is 0 Å². The SMILES string of the molecule is O=C(NCCCN1CCCCC1)c1cccnc1F. The highest BCUT2D eigenvalue weighted by Crippen LogP contribution is 2.08. The highest BCUT2D eigenvalue weighted by molar-refractivity contribution is 5.94. The van der Waals surface area contributed by atoms with Crippen molar-refractivity contribution in [2.45, 2.75) is 25.7 Å². The third kappa shape index (κ3) is 4.28. The number of carbonyl (C=O) groups is 1. The molecule has 0 aliphatic carbocycles. The lowest BCUT2D eigenvalue weighted by Crippen LogP contribution is -2.33. The van der Waals surface area contributed by atoms with Gasteiger partial charge in [0.2, 0.25) is 5.95 Å². The zero-order valence-electron chi connectivity index (χ0n) is 11.1. The molecule has 19 heavy (non-hydrogen) atoms. The predicted molar refractivity (Wildman–Crippen MR) is 71.4 cm³/mol. The van der Waals surface area contributed by atoms with Crippen molar-refractivity contribution in [3.63, 3.8) is 0 Å². The quantitative estimate of drug-likeness (QED) is 0.652. The molecule has 1 aromatic rings. The van der Waals surface area contributed by atoms with Crippen LogP contribution in [0, 0.1) is 5.95 Å². The van der Waals surface area contributed by atoms with Crippen LogP contribution >= 0.6 is 0 Å². The second kappa shape index (κ2) is 7.19. The largest absolute Gasteiger partial charge is 0.352 e. The van der Waals surface area contributed by atoms with Gasteiger partial charge >= 0.3 is 0 Å². The number of hydrogen-bond donors (Lipinski definition) is 1. The minimum atomic E-state index is -0.712. The van der Waals surface area contributed by atoms with Gasteiger partial charge in [0, 0.05) is 12.7 Å². The molecule has 2 rings (SSSR count). The molecule has 0 unspecified atom stereocenters. The van der Waals surface area contributed by atoms with Gasteiger partial charge in [-0.2, -0.15) is 4.39 Å². The van der Waals surface area contributed by atoms with E-state index in [1.807, 2.05) is 0 Å². The molecule has 0 radical (unpaired) electrons. The van der Waals surface area contributed by atoms with Crippen molar-refractivity contribution < 1.29 is 9.18 Å². The first-order valence-corrected chi connectivity index (χ1v) is 6.88. The minimum Gasteiger partial charge on any atom is -0.352 e. The summed E-state index contributed by atoms with van der Waals surface area (Å²) in [6.45, 7) is 3.88. The van der Waals surface area contributed by atoms with Gasteiger partial charge in [-0.3, -0.25) is 4.79 Å². The fourth-order valence-corrected chi connectivity index (χ4v) is 2.34. The maximum absolute atomic E-state index is 13.3. The summed E-state index contributed by atoms with van der Waals surface area (Å²) in [4.78, 5) is 17.6. The van der Waals surface area contributed by atoms with E-state index >= 15 is 0 Å². The van der Waals surface area contributed by atoms with E-state index in [0.717, 1.165) is 26.1 Å². The lowest BCUT2D eigenvalue weighted by Gasteiger charge is -2.26. The number of halogens is 1. The van der Waals surface area contributed by atoms with E-state index in [4.69, 9.17) is 0 Å². The van der Waals surface area contributed by atoms with Crippen LogP contribution in [0.15, 0.2) is 18.3 Å². The van der Waals surface area contributed by atoms with Gasteiger partial charge in [0.25, 0.3) is 5.91 Å². The van der Waals surface area contributed by atoms with Crippen LogP contribution in [0.3, 0.4) is 0 Å². The van der Waals surface area contributed by atoms with Gasteiger partial charge < -0.3 is 10.2 Å². The Morgan fingerprint density at radius 1 is 1.37 bits per heavy atom. The number of aromatic nitrogens is 1. The molecular formula is C14H20FN3O. The first-order valence-electron chi connectivity index (χ1n) is 6.88. The molecule has 5 heteroatoms. The van der Waals surface area contributed by atoms with Crippen molar-refractivity contribution in [3.05, 3.63) is 29.8 Å². The number of likely N-dealkylation sites (tertiary alicyclic amines) is 1. The molecule has 1 aromatic heterocycles. The summed E-state index contributed by atoms with van der Waals surface area (Å²) in [6.07, 6.45) is 6.10. The number of hydrogen-bond acceptors (Lipinski definition) is 3. The van der Waals surface area contributed by atoms with Gasteiger partial charge in [-0.05, 0) is 51.0 Å². The van der Waals surface area contributed by atoms with Crippen LogP contribution in [0.25, 0.3) is 0 Å². The number of rotatable bonds is 5. The molecule has 0 saturated carbocycles. The Balaban J connectivity index is 1.68. The number of nitrogens with zero attached hydrogens (tertiary/aromatic N) is 2. The topological polar surface area (TPSA) is 45.2 Å². The van der Waals surface area contributed by atoms with Crippen LogP contribution in [0.4, 0.5) is 4.39 Å². The summed E-state index contributed by atoms with van der Waals surface area (Å²) in [5.74, 6) is -1.10. The lowest BCUT2D eigenvalue weighted by molar-refractivity contribution is 0.0946. The Bertz CT molecular complexity index is 419. The third-order valence-electron chi connectivity index (χ3n) is 3.39. The van der Waals surface area contributed by atoms with Crippen LogP contribution in [0.5, 0.6) is 0 Å². The molecule has 0 aromatic carbocycles. The Morgan fingerprint density at radius 3 is 2.89 bits per heavy atom. The summed E-state index contributed by atoms with van der Waals surface area (Å²) in [7, 11) is 0. The number of pyridine rings is 1. The number of piperidine rings is 1. The average molecular weight is 265 g/mol. The van der Waals surface area contributed by atoms with E-state index < -0.39 is 5.95 Å². The summed E-state index contributed by atoms with van der Waals surface area (Å²) in [5.41, 5.74) is 0.0143. The fraction of sp³-hybridized carbons (Fsp3) is 0.571. The fourth-order valence-electron chi connectivity index (χ4n) is 2.34. The van der Waals surface area contributed by atoms with Gasteiger partial charge in [0.1, 0.15) is 0 Å². The summed E-state index contributed by atoms with van der Waals surface area (Å²) in [6, 6.07) is 3.01. The number of nitrogens with one attached hydrogen (secondary N) is 1. The number of amides is 1. The van der Waals surface area contributed by atoms with E-state index in [2.05, 4.69) is 15.2 Å². The molecule has 2 heterocycles. The maximum atomic E-state index is 13.3. The average Bonchev–Trinajstić information content (AvgIpc) is 2.45. The molecule has 1 aliphatic rings. The van der Waals surface area contributed by atoms with E-state index in [0.29, 0.717) is 6.54 Å². The zero-order chi connectivity index (χ0) is 13.5. The molecule has 1 amide bonds. The zero-order valence-corrected chi connectivity index (χ0v) is 11.1. The highest BCUT2D eigenvalue weighted by Gasteiger charge is 2.12. The normalized spacial score (nSPS) is 16.3. The van der Waals surface area contributed by atoms with Crippen LogP contribution in [0.2, 0.25) is 0 Å². The molecule has 4 nitrogen and oxygen atoms in total. The monoisotopic (exact) mass is 265 g/mol. The van der Waals surface area contributed by atoms with Crippen LogP contribution in [-0.4, -0.2) is 42.0 Å². The maximum Gasteiger partial charge on any atom is 0.255 e. The Labute approximate surface area is 113 Å². The molecule has 0 atom stereocenters. The summed E-state index contributed by atoms with van der Waals surface area (Å²) in [5, 5.41) is 2.73. The minimum absolute atomic E-state index is 0.0143. The van der Waals surface area contributed by atoms with Crippen molar-refractivity contribution in [2.24, 2.45) is 0 Å². The van der Waals surface area contributed by atoms with E-state index in [-0.39, 0.29) is 11.5 Å². The van der Waals surface area contributed by atoms with Crippen molar-refractivity contribution in [1.82, 2.24) is 15.2 Å². The van der Waals surface area contributed by atoms with Crippen molar-refractivity contribution in [2.75, 3.05) is 26.2 Å². The molecule has 0 spiro atoms. The first kappa shape index (κ1) is 13.9. The second-order valence-corrected chi connectivity index (χ2v) is 4.85. The third-order valence-corrected chi connectivity index (χ3v) is 3.39. The molecule has 104 valence electrons. The Morgan fingerprint density at radius 2 is 2.16 bits per heavy atom. The van der Waals surface area contributed by atoms with Gasteiger partial charge in [-0.15, -0.1) is 0 Å². The Hall–Kier alpha value is -1.49. The predicted octanol–water partition coefficient (Wildman–Crippen LogP) is 1.83. The molecule has 1 N–H and O–H groups in total. The molecule has 0 bridgehead atoms. The molecule has 1 aliphatic heterocycles. The van der Waals surface area contributed by atoms with Gasteiger partial charge in [0.05, 0.1) is 5.56 Å². The summed E-state index contributed by atoms with van der Waals surface area (Å²) < 4.78 is 13.3.